The van der Waals surface area contributed by atoms with E-state index in [4.69, 9.17) is 0 Å². The van der Waals surface area contributed by atoms with Crippen molar-refractivity contribution in [2.45, 2.75) is 25.9 Å². The van der Waals surface area contributed by atoms with Crippen LogP contribution in [0.2, 0.25) is 0 Å². The highest BCUT2D eigenvalue weighted by Crippen LogP contribution is 2.54. The maximum absolute atomic E-state index is 13.3. The van der Waals surface area contributed by atoms with Crippen molar-refractivity contribution in [3.05, 3.63) is 0 Å². The van der Waals surface area contributed by atoms with E-state index in [1.54, 1.807) is 0 Å². The molecule has 2 heteroatoms. The van der Waals surface area contributed by atoms with E-state index in [0.717, 1.165) is 6.54 Å². The highest BCUT2D eigenvalue weighted by atomic mass is 19.1. The minimum Gasteiger partial charge on any atom is -0.303 e. The number of hydrogen-bond donors (Lipinski definition) is 0. The fraction of sp³-hybridized carbons (Fsp3) is 1.00. The van der Waals surface area contributed by atoms with Gasteiger partial charge in [0.05, 0.1) is 0 Å². The first-order chi connectivity index (χ1) is 5.12. The number of alkyl halides is 1. The predicted molar refractivity (Wildman–Crippen MR) is 43.2 cm³/mol. The van der Waals surface area contributed by atoms with Crippen molar-refractivity contribution in [2.75, 3.05) is 20.1 Å². The highest BCUT2D eigenvalue weighted by molar-refractivity contribution is 5.01. The quantitative estimate of drug-likeness (QED) is 0.560. The van der Waals surface area contributed by atoms with Crippen LogP contribution >= 0.6 is 0 Å². The monoisotopic (exact) mass is 157 g/mol. The molecule has 1 aliphatic carbocycles. The second-order valence-corrected chi connectivity index (χ2v) is 4.50. The van der Waals surface area contributed by atoms with E-state index in [2.05, 4.69) is 11.8 Å². The molecule has 0 spiro atoms. The lowest BCUT2D eigenvalue weighted by Crippen LogP contribution is -2.22. The van der Waals surface area contributed by atoms with Gasteiger partial charge in [0.15, 0.2) is 0 Å². The lowest BCUT2D eigenvalue weighted by atomic mass is 9.89. The van der Waals surface area contributed by atoms with Crippen LogP contribution < -0.4 is 0 Å². The van der Waals surface area contributed by atoms with E-state index in [1.807, 2.05) is 7.05 Å². The average Bonchev–Trinajstić information content (AvgIpc) is 2.55. The fourth-order valence-electron chi connectivity index (χ4n) is 2.17. The van der Waals surface area contributed by atoms with Gasteiger partial charge in [-0.3, -0.25) is 0 Å². The Hall–Kier alpha value is -0.110. The van der Waals surface area contributed by atoms with Crippen LogP contribution in [0.5, 0.6) is 0 Å². The van der Waals surface area contributed by atoms with Crippen LogP contribution in [-0.4, -0.2) is 31.2 Å². The summed E-state index contributed by atoms with van der Waals surface area (Å²) in [6, 6.07) is 0. The number of nitrogens with zero attached hydrogens (tertiary/aromatic N) is 1. The summed E-state index contributed by atoms with van der Waals surface area (Å²) in [5.41, 5.74) is 0.365. The van der Waals surface area contributed by atoms with Gasteiger partial charge in [-0.05, 0) is 25.3 Å². The van der Waals surface area contributed by atoms with Crippen molar-refractivity contribution in [1.29, 1.82) is 0 Å². The molecule has 1 saturated carbocycles. The Balaban J connectivity index is 2.04. The summed E-state index contributed by atoms with van der Waals surface area (Å²) in [5.74, 6) is 0.326. The zero-order chi connectivity index (χ0) is 8.06. The van der Waals surface area contributed by atoms with Crippen molar-refractivity contribution in [3.8, 4) is 0 Å². The van der Waals surface area contributed by atoms with Crippen LogP contribution in [-0.2, 0) is 0 Å². The molecule has 2 fully saturated rings. The molecule has 1 saturated heterocycles. The van der Waals surface area contributed by atoms with Crippen LogP contribution in [0.4, 0.5) is 4.39 Å². The zero-order valence-corrected chi connectivity index (χ0v) is 7.31. The Bertz CT molecular complexity index is 165. The predicted octanol–water partition coefficient (Wildman–Crippen LogP) is 1.69. The SMILES string of the molecule is CN1C[C@@H](F)[C@@H](C2(C)CC2)C1. The van der Waals surface area contributed by atoms with E-state index in [-0.39, 0.29) is 0 Å². The van der Waals surface area contributed by atoms with Crippen LogP contribution in [0.1, 0.15) is 19.8 Å². The van der Waals surface area contributed by atoms with Gasteiger partial charge in [0, 0.05) is 19.0 Å². The summed E-state index contributed by atoms with van der Waals surface area (Å²) in [7, 11) is 2.01. The molecule has 0 N–H and O–H groups in total. The first-order valence-corrected chi connectivity index (χ1v) is 4.44. The molecule has 2 atom stereocenters. The third-order valence-corrected chi connectivity index (χ3v) is 3.36. The zero-order valence-electron chi connectivity index (χ0n) is 7.31. The summed E-state index contributed by atoms with van der Waals surface area (Å²) < 4.78 is 13.3. The molecular weight excluding hydrogens is 141 g/mol. The Morgan fingerprint density at radius 1 is 1.36 bits per heavy atom. The van der Waals surface area contributed by atoms with Crippen molar-refractivity contribution < 1.29 is 4.39 Å². The standard InChI is InChI=1S/C9H16FN/c1-9(3-4-9)7-5-11(2)6-8(7)10/h7-8H,3-6H2,1-2H3/t7-,8+/m0/s1. The van der Waals surface area contributed by atoms with Crippen molar-refractivity contribution in [3.63, 3.8) is 0 Å². The highest BCUT2D eigenvalue weighted by Gasteiger charge is 2.51. The first kappa shape index (κ1) is 7.53. The van der Waals surface area contributed by atoms with E-state index >= 15 is 0 Å². The number of halogens is 1. The molecule has 1 heterocycles. The van der Waals surface area contributed by atoms with E-state index in [1.165, 1.54) is 12.8 Å². The second-order valence-electron chi connectivity index (χ2n) is 4.50. The van der Waals surface area contributed by atoms with Crippen molar-refractivity contribution >= 4 is 0 Å². The van der Waals surface area contributed by atoms with Gasteiger partial charge < -0.3 is 4.90 Å². The molecule has 0 aromatic carbocycles. The number of hydrogen-bond acceptors (Lipinski definition) is 1. The van der Waals surface area contributed by atoms with Gasteiger partial charge in [0.1, 0.15) is 6.17 Å². The topological polar surface area (TPSA) is 3.24 Å². The number of rotatable bonds is 1. The molecule has 1 aliphatic heterocycles. The Morgan fingerprint density at radius 3 is 2.36 bits per heavy atom. The summed E-state index contributed by atoms with van der Waals surface area (Å²) in [4.78, 5) is 2.11. The molecular formula is C9H16FN. The lowest BCUT2D eigenvalue weighted by molar-refractivity contribution is 0.210. The van der Waals surface area contributed by atoms with Gasteiger partial charge >= 0.3 is 0 Å². The van der Waals surface area contributed by atoms with Crippen LogP contribution in [0.3, 0.4) is 0 Å². The fourth-order valence-corrected chi connectivity index (χ4v) is 2.17. The Kier molecular flexibility index (Phi) is 1.50. The Morgan fingerprint density at radius 2 is 2.00 bits per heavy atom. The minimum atomic E-state index is -0.563. The third-order valence-electron chi connectivity index (χ3n) is 3.36. The van der Waals surface area contributed by atoms with Gasteiger partial charge in [0.25, 0.3) is 0 Å². The summed E-state index contributed by atoms with van der Waals surface area (Å²) >= 11 is 0. The maximum Gasteiger partial charge on any atom is 0.117 e. The summed E-state index contributed by atoms with van der Waals surface area (Å²) in [5, 5.41) is 0. The molecule has 0 aromatic rings. The molecule has 0 amide bonds. The van der Waals surface area contributed by atoms with Crippen molar-refractivity contribution in [1.82, 2.24) is 4.90 Å². The number of likely N-dealkylation sites (tertiary alicyclic amines) is 1. The van der Waals surface area contributed by atoms with Gasteiger partial charge in [0.2, 0.25) is 0 Å². The van der Waals surface area contributed by atoms with Crippen LogP contribution in [0, 0.1) is 11.3 Å². The first-order valence-electron chi connectivity index (χ1n) is 4.44. The largest absolute Gasteiger partial charge is 0.303 e. The molecule has 0 unspecified atom stereocenters. The molecule has 0 bridgehead atoms. The third kappa shape index (κ3) is 1.18. The smallest absolute Gasteiger partial charge is 0.117 e. The summed E-state index contributed by atoms with van der Waals surface area (Å²) in [6.45, 7) is 3.85. The molecule has 11 heavy (non-hydrogen) atoms. The van der Waals surface area contributed by atoms with Gasteiger partial charge in [-0.15, -0.1) is 0 Å². The lowest BCUT2D eigenvalue weighted by Gasteiger charge is -2.18. The summed E-state index contributed by atoms with van der Waals surface area (Å²) in [6.07, 6.45) is 1.92. The Labute approximate surface area is 67.6 Å². The van der Waals surface area contributed by atoms with Gasteiger partial charge in [-0.25, -0.2) is 4.39 Å². The maximum atomic E-state index is 13.3. The van der Waals surface area contributed by atoms with Crippen LogP contribution in [0.25, 0.3) is 0 Å². The molecule has 2 aliphatic rings. The van der Waals surface area contributed by atoms with E-state index < -0.39 is 6.17 Å². The second kappa shape index (κ2) is 2.19. The van der Waals surface area contributed by atoms with E-state index in [9.17, 15) is 4.39 Å². The van der Waals surface area contributed by atoms with E-state index in [0.29, 0.717) is 17.9 Å². The van der Waals surface area contributed by atoms with Gasteiger partial charge in [-0.1, -0.05) is 6.92 Å². The van der Waals surface area contributed by atoms with Crippen LogP contribution in [0.15, 0.2) is 0 Å². The van der Waals surface area contributed by atoms with Crippen molar-refractivity contribution in [2.24, 2.45) is 11.3 Å². The average molecular weight is 157 g/mol. The minimum absolute atomic E-state index is 0.326. The molecule has 64 valence electrons. The normalized spacial score (nSPS) is 42.8. The molecule has 0 radical (unpaired) electrons. The molecule has 2 rings (SSSR count). The molecule has 0 aromatic heterocycles. The van der Waals surface area contributed by atoms with Gasteiger partial charge in [-0.2, -0.15) is 0 Å². The molecule has 1 nitrogen and oxygen atoms in total.